The molecule has 0 aliphatic heterocycles. The highest BCUT2D eigenvalue weighted by Crippen LogP contribution is 2.32. The Morgan fingerprint density at radius 2 is 1.48 bits per heavy atom. The minimum atomic E-state index is -0.0673. The molecule has 2 saturated carbocycles. The molecule has 6 heteroatoms. The monoisotopic (exact) mass is 382 g/mol. The van der Waals surface area contributed by atoms with Crippen LogP contribution in [0.4, 0.5) is 5.69 Å². The number of amides is 2. The van der Waals surface area contributed by atoms with Gasteiger partial charge in [-0.3, -0.25) is 9.59 Å². The fraction of sp³-hybridized carbons (Fsp3) is 0.579. The molecule has 4 nitrogen and oxygen atoms in total. The molecular weight excluding hydrogens is 359 g/mol. The van der Waals surface area contributed by atoms with Gasteiger partial charge in [-0.1, -0.05) is 36.0 Å². The van der Waals surface area contributed by atoms with Crippen LogP contribution in [-0.2, 0) is 9.59 Å². The summed E-state index contributed by atoms with van der Waals surface area (Å²) in [7, 11) is 0. The maximum Gasteiger partial charge on any atom is 0.227 e. The van der Waals surface area contributed by atoms with Crippen LogP contribution in [0.3, 0.4) is 0 Å². The smallest absolute Gasteiger partial charge is 0.227 e. The van der Waals surface area contributed by atoms with Gasteiger partial charge in [-0.15, -0.1) is 0 Å². The van der Waals surface area contributed by atoms with Crippen molar-refractivity contribution >= 4 is 40.7 Å². The molecule has 25 heavy (non-hydrogen) atoms. The van der Waals surface area contributed by atoms with E-state index in [9.17, 15) is 9.59 Å². The van der Waals surface area contributed by atoms with E-state index in [0.717, 1.165) is 38.5 Å². The third-order valence-corrected chi connectivity index (χ3v) is 5.91. The zero-order valence-corrected chi connectivity index (χ0v) is 15.7. The average Bonchev–Trinajstić information content (AvgIpc) is 3.10. The number of carbonyl (C=O) groups is 2. The quantitative estimate of drug-likeness (QED) is 0.785. The van der Waals surface area contributed by atoms with Crippen molar-refractivity contribution in [3.8, 4) is 0 Å². The van der Waals surface area contributed by atoms with Crippen molar-refractivity contribution < 1.29 is 9.59 Å². The Balaban J connectivity index is 1.47. The van der Waals surface area contributed by atoms with E-state index in [1.165, 1.54) is 12.8 Å². The van der Waals surface area contributed by atoms with Gasteiger partial charge in [0.25, 0.3) is 0 Å². The summed E-state index contributed by atoms with van der Waals surface area (Å²) in [6.07, 6.45) is 7.64. The van der Waals surface area contributed by atoms with Gasteiger partial charge < -0.3 is 10.6 Å². The van der Waals surface area contributed by atoms with Crippen LogP contribution in [0.15, 0.2) is 18.2 Å². The molecule has 0 spiro atoms. The van der Waals surface area contributed by atoms with Crippen molar-refractivity contribution in [2.75, 3.05) is 5.32 Å². The fourth-order valence-electron chi connectivity index (χ4n) is 3.83. The third kappa shape index (κ3) is 4.89. The normalized spacial score (nSPS) is 24.1. The van der Waals surface area contributed by atoms with Gasteiger partial charge in [0, 0.05) is 22.9 Å². The molecule has 0 unspecified atom stereocenters. The zero-order chi connectivity index (χ0) is 17.8. The van der Waals surface area contributed by atoms with E-state index >= 15 is 0 Å². The minimum Gasteiger partial charge on any atom is -0.353 e. The maximum absolute atomic E-state index is 12.5. The standard InChI is InChI=1S/C19H24Cl2N2O2/c20-14-9-10-17(16(21)11-14)23-19(25)13-7-5-12(6-8-13)18(24)22-15-3-1-2-4-15/h9-13,15H,1-8H2,(H,22,24)(H,23,25). The van der Waals surface area contributed by atoms with Gasteiger partial charge in [0.2, 0.25) is 11.8 Å². The molecule has 2 N–H and O–H groups in total. The first-order valence-corrected chi connectivity index (χ1v) is 9.85. The first-order valence-electron chi connectivity index (χ1n) is 9.09. The van der Waals surface area contributed by atoms with Gasteiger partial charge >= 0.3 is 0 Å². The summed E-state index contributed by atoms with van der Waals surface area (Å²) in [5.41, 5.74) is 0.581. The van der Waals surface area contributed by atoms with E-state index in [-0.39, 0.29) is 23.7 Å². The second-order valence-electron chi connectivity index (χ2n) is 7.15. The number of nitrogens with one attached hydrogen (secondary N) is 2. The van der Waals surface area contributed by atoms with Crippen molar-refractivity contribution in [2.45, 2.75) is 57.4 Å². The largest absolute Gasteiger partial charge is 0.353 e. The summed E-state index contributed by atoms with van der Waals surface area (Å²) in [5.74, 6) is 0.122. The van der Waals surface area contributed by atoms with Crippen LogP contribution in [0.1, 0.15) is 51.4 Å². The Bertz CT molecular complexity index is 636. The molecule has 0 radical (unpaired) electrons. The molecule has 2 amide bonds. The van der Waals surface area contributed by atoms with Crippen molar-refractivity contribution in [1.29, 1.82) is 0 Å². The Kier molecular flexibility index (Phi) is 6.24. The molecule has 2 aliphatic rings. The number of benzene rings is 1. The van der Waals surface area contributed by atoms with Crippen LogP contribution in [0.2, 0.25) is 10.0 Å². The Labute approximate surface area is 158 Å². The Morgan fingerprint density at radius 1 is 0.880 bits per heavy atom. The van der Waals surface area contributed by atoms with Crippen LogP contribution >= 0.6 is 23.2 Å². The summed E-state index contributed by atoms with van der Waals surface area (Å²) in [6.45, 7) is 0. The number of rotatable bonds is 4. The molecule has 3 rings (SSSR count). The summed E-state index contributed by atoms with van der Waals surface area (Å²) in [5, 5.41) is 7.03. The number of anilines is 1. The highest BCUT2D eigenvalue weighted by molar-refractivity contribution is 6.36. The van der Waals surface area contributed by atoms with E-state index < -0.39 is 0 Å². The van der Waals surface area contributed by atoms with Crippen molar-refractivity contribution in [3.63, 3.8) is 0 Å². The highest BCUT2D eigenvalue weighted by atomic mass is 35.5. The van der Waals surface area contributed by atoms with Crippen LogP contribution in [0, 0.1) is 11.8 Å². The third-order valence-electron chi connectivity index (χ3n) is 5.36. The molecule has 1 aromatic rings. The molecule has 2 fully saturated rings. The maximum atomic E-state index is 12.5. The van der Waals surface area contributed by atoms with Crippen LogP contribution < -0.4 is 10.6 Å². The van der Waals surface area contributed by atoms with Gasteiger partial charge in [0.05, 0.1) is 10.7 Å². The van der Waals surface area contributed by atoms with Crippen molar-refractivity contribution in [2.24, 2.45) is 11.8 Å². The lowest BCUT2D eigenvalue weighted by atomic mass is 9.81. The van der Waals surface area contributed by atoms with E-state index in [2.05, 4.69) is 10.6 Å². The van der Waals surface area contributed by atoms with Crippen LogP contribution in [-0.4, -0.2) is 17.9 Å². The van der Waals surface area contributed by atoms with Gasteiger partial charge in [0.15, 0.2) is 0 Å². The summed E-state index contributed by atoms with van der Waals surface area (Å²) < 4.78 is 0. The van der Waals surface area contributed by atoms with E-state index in [0.29, 0.717) is 21.8 Å². The molecule has 0 heterocycles. The van der Waals surface area contributed by atoms with Gasteiger partial charge in [-0.05, 0) is 56.7 Å². The molecule has 0 bridgehead atoms. The second-order valence-corrected chi connectivity index (χ2v) is 8.00. The number of hydrogen-bond acceptors (Lipinski definition) is 2. The number of carbonyl (C=O) groups excluding carboxylic acids is 2. The molecule has 136 valence electrons. The topological polar surface area (TPSA) is 58.2 Å². The van der Waals surface area contributed by atoms with E-state index in [1.807, 2.05) is 0 Å². The highest BCUT2D eigenvalue weighted by Gasteiger charge is 2.31. The number of halogens is 2. The first-order chi connectivity index (χ1) is 12.0. The summed E-state index contributed by atoms with van der Waals surface area (Å²) >= 11 is 12.0. The van der Waals surface area contributed by atoms with Crippen molar-refractivity contribution in [3.05, 3.63) is 28.2 Å². The predicted molar refractivity (Wildman–Crippen MR) is 101 cm³/mol. The van der Waals surface area contributed by atoms with Crippen LogP contribution in [0.5, 0.6) is 0 Å². The molecule has 0 atom stereocenters. The lowest BCUT2D eigenvalue weighted by molar-refractivity contribution is -0.129. The zero-order valence-electron chi connectivity index (χ0n) is 14.2. The molecular formula is C19H24Cl2N2O2. The molecule has 2 aliphatic carbocycles. The predicted octanol–water partition coefficient (Wildman–Crippen LogP) is 4.80. The van der Waals surface area contributed by atoms with Crippen molar-refractivity contribution in [1.82, 2.24) is 5.32 Å². The minimum absolute atomic E-state index is 0.0288. The second kappa shape index (κ2) is 8.41. The Morgan fingerprint density at radius 3 is 2.08 bits per heavy atom. The van der Waals surface area contributed by atoms with Crippen LogP contribution in [0.25, 0.3) is 0 Å². The summed E-state index contributed by atoms with van der Waals surface area (Å²) in [6, 6.07) is 5.39. The fourth-order valence-corrected chi connectivity index (χ4v) is 4.29. The molecule has 0 aromatic heterocycles. The van der Waals surface area contributed by atoms with Gasteiger partial charge in [-0.25, -0.2) is 0 Å². The Hall–Kier alpha value is -1.26. The average molecular weight is 383 g/mol. The molecule has 1 aromatic carbocycles. The lowest BCUT2D eigenvalue weighted by Crippen LogP contribution is -2.39. The van der Waals surface area contributed by atoms with Gasteiger partial charge in [0.1, 0.15) is 0 Å². The van der Waals surface area contributed by atoms with E-state index in [4.69, 9.17) is 23.2 Å². The SMILES string of the molecule is O=C(Nc1ccc(Cl)cc1Cl)C1CCC(C(=O)NC2CCCC2)CC1. The number of hydrogen-bond donors (Lipinski definition) is 2. The summed E-state index contributed by atoms with van der Waals surface area (Å²) in [4.78, 5) is 24.8. The van der Waals surface area contributed by atoms with E-state index in [1.54, 1.807) is 18.2 Å². The lowest BCUT2D eigenvalue weighted by Gasteiger charge is -2.28. The van der Waals surface area contributed by atoms with Gasteiger partial charge in [-0.2, -0.15) is 0 Å². The first kappa shape index (κ1) is 18.5. The molecule has 0 saturated heterocycles.